The topological polar surface area (TPSA) is 41.1 Å². The van der Waals surface area contributed by atoms with Crippen LogP contribution in [0.3, 0.4) is 0 Å². The Morgan fingerprint density at radius 2 is 2.35 bits per heavy atom. The molecule has 0 radical (unpaired) electrons. The van der Waals surface area contributed by atoms with Crippen molar-refractivity contribution in [3.63, 3.8) is 0 Å². The van der Waals surface area contributed by atoms with Crippen molar-refractivity contribution in [3.05, 3.63) is 0 Å². The fourth-order valence-corrected chi connectivity index (χ4v) is 2.77. The number of carbonyl (C=O) groups is 1. The van der Waals surface area contributed by atoms with Gasteiger partial charge in [-0.15, -0.1) is 12.4 Å². The molecule has 0 saturated carbocycles. The molecule has 2 atom stereocenters. The Morgan fingerprint density at radius 3 is 2.94 bits per heavy atom. The Bertz CT molecular complexity index is 211. The summed E-state index contributed by atoms with van der Waals surface area (Å²) in [5, 5.41) is 6.42. The van der Waals surface area contributed by atoms with E-state index in [0.29, 0.717) is 18.5 Å². The van der Waals surface area contributed by atoms with Gasteiger partial charge < -0.3 is 10.6 Å². The van der Waals surface area contributed by atoms with E-state index in [9.17, 15) is 4.79 Å². The lowest BCUT2D eigenvalue weighted by Gasteiger charge is -2.15. The summed E-state index contributed by atoms with van der Waals surface area (Å²) in [6.07, 6.45) is 4.07. The third kappa shape index (κ3) is 7.90. The van der Waals surface area contributed by atoms with Crippen LogP contribution in [0.25, 0.3) is 0 Å². The summed E-state index contributed by atoms with van der Waals surface area (Å²) in [4.78, 5) is 11.7. The van der Waals surface area contributed by atoms with Gasteiger partial charge in [0.2, 0.25) is 5.91 Å². The van der Waals surface area contributed by atoms with Gasteiger partial charge in [-0.1, -0.05) is 6.92 Å². The number of hydrogen-bond donors (Lipinski definition) is 2. The lowest BCUT2D eigenvalue weighted by Crippen LogP contribution is -2.37. The summed E-state index contributed by atoms with van der Waals surface area (Å²) in [6, 6.07) is 0.727. The maximum absolute atomic E-state index is 11.7. The summed E-state index contributed by atoms with van der Waals surface area (Å²) in [5.41, 5.74) is 0. The quantitative estimate of drug-likeness (QED) is 0.703. The molecule has 1 aliphatic rings. The van der Waals surface area contributed by atoms with Crippen molar-refractivity contribution in [2.45, 2.75) is 51.6 Å². The van der Waals surface area contributed by atoms with Gasteiger partial charge in [-0.25, -0.2) is 0 Å². The highest BCUT2D eigenvalue weighted by Gasteiger charge is 2.18. The normalized spacial score (nSPS) is 20.7. The molecule has 0 spiro atoms. The summed E-state index contributed by atoms with van der Waals surface area (Å²) < 4.78 is 0. The molecule has 1 amide bonds. The first kappa shape index (κ1) is 17.1. The fraction of sp³-hybridized carbons (Fsp3) is 0.917. The van der Waals surface area contributed by atoms with Crippen LogP contribution in [-0.2, 0) is 4.79 Å². The van der Waals surface area contributed by atoms with E-state index < -0.39 is 0 Å². The van der Waals surface area contributed by atoms with E-state index in [-0.39, 0.29) is 18.3 Å². The molecule has 2 unspecified atom stereocenters. The molecule has 1 heterocycles. The molecule has 1 fully saturated rings. The summed E-state index contributed by atoms with van der Waals surface area (Å²) in [5.74, 6) is 2.50. The minimum absolute atomic E-state index is 0. The lowest BCUT2D eigenvalue weighted by molar-refractivity contribution is -0.122. The Morgan fingerprint density at radius 1 is 1.59 bits per heavy atom. The van der Waals surface area contributed by atoms with Crippen molar-refractivity contribution in [2.75, 3.05) is 18.1 Å². The van der Waals surface area contributed by atoms with E-state index in [4.69, 9.17) is 0 Å². The van der Waals surface area contributed by atoms with E-state index >= 15 is 0 Å². The molecule has 3 nitrogen and oxygen atoms in total. The third-order valence-electron chi connectivity index (χ3n) is 2.90. The molecule has 1 aliphatic heterocycles. The van der Waals surface area contributed by atoms with Crippen LogP contribution in [0, 0.1) is 0 Å². The Balaban J connectivity index is 0.00000256. The molecule has 0 aliphatic carbocycles. The number of amides is 1. The van der Waals surface area contributed by atoms with E-state index in [1.165, 1.54) is 6.42 Å². The van der Waals surface area contributed by atoms with Gasteiger partial charge in [0.15, 0.2) is 0 Å². The van der Waals surface area contributed by atoms with Gasteiger partial charge >= 0.3 is 0 Å². The number of thioether (sulfide) groups is 1. The van der Waals surface area contributed by atoms with E-state index in [1.54, 1.807) is 0 Å². The third-order valence-corrected chi connectivity index (χ3v) is 3.83. The number of rotatable bonds is 7. The minimum Gasteiger partial charge on any atom is -0.354 e. The second-order valence-corrected chi connectivity index (χ2v) is 5.85. The predicted molar refractivity (Wildman–Crippen MR) is 78.1 cm³/mol. The van der Waals surface area contributed by atoms with Crippen molar-refractivity contribution >= 4 is 30.1 Å². The molecule has 17 heavy (non-hydrogen) atoms. The van der Waals surface area contributed by atoms with Gasteiger partial charge in [0.1, 0.15) is 0 Å². The van der Waals surface area contributed by atoms with Crippen LogP contribution in [-0.4, -0.2) is 36.0 Å². The van der Waals surface area contributed by atoms with E-state index in [2.05, 4.69) is 24.5 Å². The molecular weight excluding hydrogens is 256 g/mol. The van der Waals surface area contributed by atoms with Crippen molar-refractivity contribution in [2.24, 2.45) is 0 Å². The van der Waals surface area contributed by atoms with Crippen LogP contribution in [0.1, 0.15) is 39.5 Å². The van der Waals surface area contributed by atoms with E-state index in [0.717, 1.165) is 30.9 Å². The van der Waals surface area contributed by atoms with Crippen molar-refractivity contribution in [3.8, 4) is 0 Å². The van der Waals surface area contributed by atoms with Gasteiger partial charge in [-0.05, 0) is 44.2 Å². The van der Waals surface area contributed by atoms with Crippen molar-refractivity contribution < 1.29 is 4.79 Å². The number of carbonyl (C=O) groups excluding carboxylic acids is 1. The smallest absolute Gasteiger partial charge is 0.221 e. The molecular formula is C12H25ClN2OS. The molecule has 102 valence electrons. The molecule has 1 saturated heterocycles. The van der Waals surface area contributed by atoms with Gasteiger partial charge in [0.25, 0.3) is 0 Å². The van der Waals surface area contributed by atoms with Gasteiger partial charge in [0, 0.05) is 18.5 Å². The summed E-state index contributed by atoms with van der Waals surface area (Å²) in [6.45, 7) is 5.33. The SMILES string of the molecule is CCSCCC(C)NC(=O)CC1CCCN1.Cl. The molecule has 5 heteroatoms. The predicted octanol–water partition coefficient (Wildman–Crippen LogP) is 2.20. The Labute approximate surface area is 115 Å². The Kier molecular flexibility index (Phi) is 10.1. The van der Waals surface area contributed by atoms with Crippen LogP contribution < -0.4 is 10.6 Å². The maximum Gasteiger partial charge on any atom is 0.221 e. The molecule has 1 rings (SSSR count). The van der Waals surface area contributed by atoms with Crippen LogP contribution in [0.5, 0.6) is 0 Å². The molecule has 0 bridgehead atoms. The van der Waals surface area contributed by atoms with Gasteiger partial charge in [-0.3, -0.25) is 4.79 Å². The molecule has 0 aromatic heterocycles. The van der Waals surface area contributed by atoms with Gasteiger partial charge in [-0.2, -0.15) is 11.8 Å². The summed E-state index contributed by atoms with van der Waals surface area (Å²) >= 11 is 1.93. The maximum atomic E-state index is 11.7. The van der Waals surface area contributed by atoms with Crippen LogP contribution in [0.15, 0.2) is 0 Å². The first-order valence-electron chi connectivity index (χ1n) is 6.33. The monoisotopic (exact) mass is 280 g/mol. The second-order valence-electron chi connectivity index (χ2n) is 4.45. The first-order valence-corrected chi connectivity index (χ1v) is 7.48. The zero-order valence-corrected chi connectivity index (χ0v) is 12.5. The van der Waals surface area contributed by atoms with Crippen LogP contribution in [0.4, 0.5) is 0 Å². The largest absolute Gasteiger partial charge is 0.354 e. The zero-order valence-electron chi connectivity index (χ0n) is 10.8. The van der Waals surface area contributed by atoms with Crippen LogP contribution in [0.2, 0.25) is 0 Å². The lowest BCUT2D eigenvalue weighted by atomic mass is 10.1. The number of halogens is 1. The number of hydrogen-bond acceptors (Lipinski definition) is 3. The average Bonchev–Trinajstić information content (AvgIpc) is 2.70. The highest BCUT2D eigenvalue weighted by atomic mass is 35.5. The highest BCUT2D eigenvalue weighted by Crippen LogP contribution is 2.09. The highest BCUT2D eigenvalue weighted by molar-refractivity contribution is 7.99. The van der Waals surface area contributed by atoms with Crippen molar-refractivity contribution in [1.82, 2.24) is 10.6 Å². The minimum atomic E-state index is 0. The van der Waals surface area contributed by atoms with E-state index in [1.807, 2.05) is 11.8 Å². The number of nitrogens with one attached hydrogen (secondary N) is 2. The fourth-order valence-electron chi connectivity index (χ4n) is 1.97. The first-order chi connectivity index (χ1) is 7.72. The van der Waals surface area contributed by atoms with Gasteiger partial charge in [0.05, 0.1) is 0 Å². The molecule has 0 aromatic carbocycles. The zero-order chi connectivity index (χ0) is 11.8. The molecule has 0 aromatic rings. The standard InChI is InChI=1S/C12H24N2OS.ClH/c1-3-16-8-6-10(2)14-12(15)9-11-5-4-7-13-11;/h10-11,13H,3-9H2,1-2H3,(H,14,15);1H. The van der Waals surface area contributed by atoms with Crippen LogP contribution >= 0.6 is 24.2 Å². The molecule has 2 N–H and O–H groups in total. The summed E-state index contributed by atoms with van der Waals surface area (Å²) in [7, 11) is 0. The average molecular weight is 281 g/mol. The Hall–Kier alpha value is 0.0700. The van der Waals surface area contributed by atoms with Crippen molar-refractivity contribution in [1.29, 1.82) is 0 Å². The second kappa shape index (κ2) is 10.0.